The molecule has 0 radical (unpaired) electrons. The number of hydrogen-bond donors (Lipinski definition) is 0. The van der Waals surface area contributed by atoms with Crippen molar-refractivity contribution in [2.24, 2.45) is 0 Å². The lowest BCUT2D eigenvalue weighted by Crippen LogP contribution is -2.25. The minimum atomic E-state index is 0.274. The van der Waals surface area contributed by atoms with Crippen LogP contribution in [-0.4, -0.2) is 25.5 Å². The van der Waals surface area contributed by atoms with Crippen molar-refractivity contribution in [1.29, 1.82) is 0 Å². The Balaban J connectivity index is 1.95. The second-order valence-corrected chi connectivity index (χ2v) is 5.70. The van der Waals surface area contributed by atoms with E-state index < -0.39 is 0 Å². The molecular weight excluding hydrogens is 236 g/mol. The summed E-state index contributed by atoms with van der Waals surface area (Å²) in [6.45, 7) is 7.55. The van der Waals surface area contributed by atoms with Crippen LogP contribution in [0.5, 0.6) is 0 Å². The maximum atomic E-state index is 11.9. The van der Waals surface area contributed by atoms with Crippen molar-refractivity contribution < 1.29 is 4.79 Å². The van der Waals surface area contributed by atoms with Crippen molar-refractivity contribution in [3.8, 4) is 0 Å². The minimum absolute atomic E-state index is 0.274. The zero-order valence-electron chi connectivity index (χ0n) is 11.9. The van der Waals surface area contributed by atoms with Crippen LogP contribution in [0.25, 0.3) is 0 Å². The molecule has 1 amide bonds. The molecule has 0 aliphatic carbocycles. The maximum Gasteiger partial charge on any atom is 0.227 e. The molecule has 1 aromatic carbocycles. The van der Waals surface area contributed by atoms with E-state index in [2.05, 4.69) is 30.9 Å². The summed E-state index contributed by atoms with van der Waals surface area (Å²) in [4.78, 5) is 16.3. The van der Waals surface area contributed by atoms with Crippen LogP contribution < -0.4 is 9.80 Å². The van der Waals surface area contributed by atoms with Gasteiger partial charge in [0.1, 0.15) is 0 Å². The molecule has 0 aromatic heterocycles. The smallest absolute Gasteiger partial charge is 0.227 e. The third kappa shape index (κ3) is 2.11. The Hall–Kier alpha value is -1.51. The van der Waals surface area contributed by atoms with Crippen LogP contribution in [0.4, 0.5) is 11.4 Å². The van der Waals surface area contributed by atoms with Gasteiger partial charge in [-0.15, -0.1) is 0 Å². The average Bonchev–Trinajstić information content (AvgIpc) is 3.04. The first-order valence-electron chi connectivity index (χ1n) is 7.34. The summed E-state index contributed by atoms with van der Waals surface area (Å²) in [5.41, 5.74) is 5.06. The highest BCUT2D eigenvalue weighted by atomic mass is 16.2. The molecule has 2 aliphatic heterocycles. The Kier molecular flexibility index (Phi) is 3.21. The lowest BCUT2D eigenvalue weighted by Gasteiger charge is -2.25. The van der Waals surface area contributed by atoms with Crippen molar-refractivity contribution in [2.75, 3.05) is 29.4 Å². The third-order valence-electron chi connectivity index (χ3n) is 4.54. The lowest BCUT2D eigenvalue weighted by atomic mass is 10.0. The average molecular weight is 258 g/mol. The monoisotopic (exact) mass is 258 g/mol. The van der Waals surface area contributed by atoms with Gasteiger partial charge in [-0.05, 0) is 56.4 Å². The molecule has 102 valence electrons. The second-order valence-electron chi connectivity index (χ2n) is 5.70. The summed E-state index contributed by atoms with van der Waals surface area (Å²) in [5, 5.41) is 0. The van der Waals surface area contributed by atoms with Gasteiger partial charge in [-0.3, -0.25) is 4.79 Å². The van der Waals surface area contributed by atoms with Gasteiger partial charge in [0, 0.05) is 37.4 Å². The van der Waals surface area contributed by atoms with Crippen molar-refractivity contribution >= 4 is 17.3 Å². The fraction of sp³-hybridized carbons (Fsp3) is 0.562. The van der Waals surface area contributed by atoms with Gasteiger partial charge in [0.2, 0.25) is 5.91 Å². The number of carbonyl (C=O) groups excluding carboxylic acids is 1. The van der Waals surface area contributed by atoms with Crippen LogP contribution in [0.15, 0.2) is 12.1 Å². The quantitative estimate of drug-likeness (QED) is 0.814. The van der Waals surface area contributed by atoms with Crippen LogP contribution in [-0.2, 0) is 4.79 Å². The van der Waals surface area contributed by atoms with Crippen molar-refractivity contribution in [1.82, 2.24) is 0 Å². The van der Waals surface area contributed by atoms with Crippen LogP contribution in [0.1, 0.15) is 36.8 Å². The Morgan fingerprint density at radius 3 is 2.16 bits per heavy atom. The highest BCUT2D eigenvalue weighted by Gasteiger charge is 2.25. The van der Waals surface area contributed by atoms with E-state index in [1.54, 1.807) is 0 Å². The topological polar surface area (TPSA) is 23.6 Å². The molecule has 3 rings (SSSR count). The summed E-state index contributed by atoms with van der Waals surface area (Å²) in [6.07, 6.45) is 4.28. The number of benzene rings is 1. The molecule has 1 aromatic rings. The second kappa shape index (κ2) is 4.87. The zero-order valence-corrected chi connectivity index (χ0v) is 11.9. The summed E-state index contributed by atoms with van der Waals surface area (Å²) < 4.78 is 0. The molecule has 2 heterocycles. The van der Waals surface area contributed by atoms with Gasteiger partial charge in [-0.2, -0.15) is 0 Å². The van der Waals surface area contributed by atoms with Gasteiger partial charge in [0.05, 0.1) is 0 Å². The predicted molar refractivity (Wildman–Crippen MR) is 79.0 cm³/mol. The first-order chi connectivity index (χ1) is 9.18. The fourth-order valence-electron chi connectivity index (χ4n) is 3.29. The van der Waals surface area contributed by atoms with E-state index in [4.69, 9.17) is 0 Å². The highest BCUT2D eigenvalue weighted by Crippen LogP contribution is 2.33. The van der Waals surface area contributed by atoms with E-state index >= 15 is 0 Å². The zero-order chi connectivity index (χ0) is 13.4. The number of carbonyl (C=O) groups is 1. The maximum absolute atomic E-state index is 11.9. The fourth-order valence-corrected chi connectivity index (χ4v) is 3.29. The van der Waals surface area contributed by atoms with Crippen LogP contribution in [0.2, 0.25) is 0 Å². The summed E-state index contributed by atoms with van der Waals surface area (Å²) in [6, 6.07) is 4.34. The first-order valence-corrected chi connectivity index (χ1v) is 7.34. The number of hydrogen-bond acceptors (Lipinski definition) is 2. The molecule has 0 atom stereocenters. The Labute approximate surface area is 115 Å². The van der Waals surface area contributed by atoms with E-state index in [9.17, 15) is 4.79 Å². The molecule has 2 aliphatic rings. The highest BCUT2D eigenvalue weighted by molar-refractivity contribution is 5.96. The molecular formula is C16H22N2O. The molecule has 3 heteroatoms. The number of nitrogens with zero attached hydrogens (tertiary/aromatic N) is 2. The Bertz CT molecular complexity index is 504. The molecule has 2 saturated heterocycles. The van der Waals surface area contributed by atoms with Gasteiger partial charge in [0.25, 0.3) is 0 Å². The van der Waals surface area contributed by atoms with Gasteiger partial charge in [0.15, 0.2) is 0 Å². The predicted octanol–water partition coefficient (Wildman–Crippen LogP) is 3.03. The van der Waals surface area contributed by atoms with E-state index in [1.807, 2.05) is 4.90 Å². The number of amides is 1. The summed E-state index contributed by atoms with van der Waals surface area (Å²) in [7, 11) is 0. The summed E-state index contributed by atoms with van der Waals surface area (Å²) >= 11 is 0. The van der Waals surface area contributed by atoms with Crippen LogP contribution in [0, 0.1) is 13.8 Å². The molecule has 0 N–H and O–H groups in total. The third-order valence-corrected chi connectivity index (χ3v) is 4.54. The van der Waals surface area contributed by atoms with Gasteiger partial charge < -0.3 is 9.80 Å². The van der Waals surface area contributed by atoms with Crippen LogP contribution in [0.3, 0.4) is 0 Å². The van der Waals surface area contributed by atoms with Crippen molar-refractivity contribution in [3.05, 3.63) is 23.3 Å². The minimum Gasteiger partial charge on any atom is -0.371 e. The van der Waals surface area contributed by atoms with E-state index in [0.29, 0.717) is 6.42 Å². The van der Waals surface area contributed by atoms with E-state index in [-0.39, 0.29) is 5.91 Å². The standard InChI is InChI=1S/C16H22N2O/c1-12-13(2)15(18-11-5-6-16(18)19)8-7-14(12)17-9-3-4-10-17/h7-8H,3-6,9-11H2,1-2H3. The molecule has 19 heavy (non-hydrogen) atoms. The Morgan fingerprint density at radius 2 is 1.53 bits per heavy atom. The molecule has 2 fully saturated rings. The normalized spacial score (nSPS) is 19.6. The molecule has 0 saturated carbocycles. The first kappa shape index (κ1) is 12.5. The molecule has 0 bridgehead atoms. The van der Waals surface area contributed by atoms with Gasteiger partial charge in [-0.1, -0.05) is 0 Å². The van der Waals surface area contributed by atoms with Crippen molar-refractivity contribution in [3.63, 3.8) is 0 Å². The van der Waals surface area contributed by atoms with Gasteiger partial charge >= 0.3 is 0 Å². The van der Waals surface area contributed by atoms with Gasteiger partial charge in [-0.25, -0.2) is 0 Å². The molecule has 0 unspecified atom stereocenters. The molecule has 3 nitrogen and oxygen atoms in total. The number of rotatable bonds is 2. The van der Waals surface area contributed by atoms with E-state index in [0.717, 1.165) is 18.7 Å². The number of anilines is 2. The largest absolute Gasteiger partial charge is 0.371 e. The van der Waals surface area contributed by atoms with Crippen LogP contribution >= 0.6 is 0 Å². The van der Waals surface area contributed by atoms with Crippen molar-refractivity contribution in [2.45, 2.75) is 39.5 Å². The summed E-state index contributed by atoms with van der Waals surface area (Å²) in [5.74, 6) is 0.274. The lowest BCUT2D eigenvalue weighted by molar-refractivity contribution is -0.117. The van der Waals surface area contributed by atoms with E-state index in [1.165, 1.54) is 42.7 Å². The Morgan fingerprint density at radius 1 is 0.895 bits per heavy atom. The molecule has 0 spiro atoms. The SMILES string of the molecule is Cc1c(N2CCCC2)ccc(N2CCCC2=O)c1C.